The lowest BCUT2D eigenvalue weighted by Gasteiger charge is -2.32. The number of thiazole rings is 1. The van der Waals surface area contributed by atoms with Crippen LogP contribution in [0.15, 0.2) is 132 Å². The Morgan fingerprint density at radius 3 is 2.20 bits per heavy atom. The summed E-state index contributed by atoms with van der Waals surface area (Å²) >= 11 is 1.67. The Labute approximate surface area is 270 Å². The molecule has 5 aromatic rings. The van der Waals surface area contributed by atoms with E-state index in [2.05, 4.69) is 83.2 Å². The third-order valence-corrected chi connectivity index (χ3v) is 9.05. The van der Waals surface area contributed by atoms with Crippen molar-refractivity contribution in [3.05, 3.63) is 143 Å². The highest BCUT2D eigenvalue weighted by molar-refractivity contribution is 7.13. The number of nitrogens with zero attached hydrogens (tertiary/aromatic N) is 3. The molecule has 0 amide bonds. The molecule has 1 unspecified atom stereocenters. The van der Waals surface area contributed by atoms with Gasteiger partial charge in [0.1, 0.15) is 11.6 Å². The Kier molecular flexibility index (Phi) is 10.2. The van der Waals surface area contributed by atoms with E-state index in [9.17, 15) is 5.11 Å². The van der Waals surface area contributed by atoms with Gasteiger partial charge in [-0.05, 0) is 48.6 Å². The van der Waals surface area contributed by atoms with Crippen molar-refractivity contribution in [2.24, 2.45) is 0 Å². The van der Waals surface area contributed by atoms with Crippen LogP contribution in [-0.4, -0.2) is 41.0 Å². The predicted molar refractivity (Wildman–Crippen MR) is 184 cm³/mol. The molecule has 6 rings (SSSR count). The van der Waals surface area contributed by atoms with Gasteiger partial charge in [-0.25, -0.2) is 4.98 Å². The lowest BCUT2D eigenvalue weighted by atomic mass is 10.0. The molecule has 7 heteroatoms. The summed E-state index contributed by atoms with van der Waals surface area (Å²) < 4.78 is 6.58. The van der Waals surface area contributed by atoms with Gasteiger partial charge in [0, 0.05) is 36.3 Å². The van der Waals surface area contributed by atoms with Gasteiger partial charge in [-0.3, -0.25) is 5.32 Å². The van der Waals surface area contributed by atoms with Crippen LogP contribution in [0.3, 0.4) is 0 Å². The zero-order chi connectivity index (χ0) is 30.8. The fourth-order valence-corrected chi connectivity index (χ4v) is 6.54. The third kappa shape index (κ3) is 7.63. The maximum atomic E-state index is 11.8. The third-order valence-electron chi connectivity index (χ3n) is 8.11. The summed E-state index contributed by atoms with van der Waals surface area (Å²) in [5.41, 5.74) is 7.61. The molecule has 0 fully saturated rings. The second-order valence-electron chi connectivity index (χ2n) is 11.1. The summed E-state index contributed by atoms with van der Waals surface area (Å²) in [6.45, 7) is 5.33. The Morgan fingerprint density at radius 1 is 0.867 bits per heavy atom. The normalized spacial score (nSPS) is 15.2. The van der Waals surface area contributed by atoms with Gasteiger partial charge in [0.15, 0.2) is 12.0 Å². The van der Waals surface area contributed by atoms with Crippen molar-refractivity contribution in [3.8, 4) is 21.7 Å². The van der Waals surface area contributed by atoms with E-state index in [1.54, 1.807) is 11.3 Å². The maximum Gasteiger partial charge on any atom is 0.187 e. The summed E-state index contributed by atoms with van der Waals surface area (Å²) in [7, 11) is 0. The second-order valence-corrected chi connectivity index (χ2v) is 12.0. The van der Waals surface area contributed by atoms with Gasteiger partial charge in [-0.1, -0.05) is 103 Å². The van der Waals surface area contributed by atoms with E-state index in [1.165, 1.54) is 11.1 Å². The number of aromatic nitrogens is 1. The molecular weight excluding hydrogens is 577 g/mol. The highest BCUT2D eigenvalue weighted by Gasteiger charge is 2.30. The molecule has 1 aliphatic heterocycles. The number of hydrogen-bond acceptors (Lipinski definition) is 7. The van der Waals surface area contributed by atoms with Crippen molar-refractivity contribution >= 4 is 17.0 Å². The second kappa shape index (κ2) is 15.0. The van der Waals surface area contributed by atoms with Crippen LogP contribution in [0.25, 0.3) is 21.7 Å². The molecule has 4 aromatic carbocycles. The first-order valence-electron chi connectivity index (χ1n) is 15.6. The van der Waals surface area contributed by atoms with Crippen LogP contribution in [0, 0.1) is 0 Å². The SMILES string of the molecule is CCN(CNCc1csc(-c2ccccc2)n1)C1=C(OCc2ccc(-c3ccccc3)cc2)C(O)N(c2ccccc2)CCC1. The van der Waals surface area contributed by atoms with E-state index in [-0.39, 0.29) is 0 Å². The average molecular weight is 617 g/mol. The number of nitrogens with one attached hydrogen (secondary N) is 1. The van der Waals surface area contributed by atoms with Crippen molar-refractivity contribution in [2.75, 3.05) is 24.7 Å². The van der Waals surface area contributed by atoms with Crippen LogP contribution in [0.5, 0.6) is 0 Å². The first kappa shape index (κ1) is 30.6. The molecule has 6 nitrogen and oxygen atoms in total. The molecule has 1 atom stereocenters. The van der Waals surface area contributed by atoms with Crippen LogP contribution >= 0.6 is 11.3 Å². The van der Waals surface area contributed by atoms with E-state index in [1.807, 2.05) is 59.5 Å². The predicted octanol–water partition coefficient (Wildman–Crippen LogP) is 7.89. The van der Waals surface area contributed by atoms with Gasteiger partial charge in [0.05, 0.1) is 18.1 Å². The quantitative estimate of drug-likeness (QED) is 0.139. The van der Waals surface area contributed by atoms with Gasteiger partial charge < -0.3 is 19.6 Å². The molecular formula is C38H40N4O2S. The number of rotatable bonds is 12. The standard InChI is InChI=1S/C38H40N4O2S/c1-2-41(28-39-25-33-27-45-37(40-33)32-15-8-4-9-16-32)35-19-12-24-42(34-17-10-5-11-18-34)38(43)36(35)44-26-29-20-22-31(23-21-29)30-13-6-3-7-14-30/h3-11,13-18,20-23,27,38-39,43H,2,12,19,24-26,28H2,1H3. The number of allylic oxidation sites excluding steroid dienone is 1. The van der Waals surface area contributed by atoms with Crippen molar-refractivity contribution in [2.45, 2.75) is 39.1 Å². The van der Waals surface area contributed by atoms with Gasteiger partial charge >= 0.3 is 0 Å². The fourth-order valence-electron chi connectivity index (χ4n) is 5.72. The maximum absolute atomic E-state index is 11.8. The Balaban J connectivity index is 1.20. The smallest absolute Gasteiger partial charge is 0.187 e. The Hall–Kier alpha value is -4.43. The molecule has 1 aromatic heterocycles. The molecule has 0 aliphatic carbocycles. The summed E-state index contributed by atoms with van der Waals surface area (Å²) in [4.78, 5) is 9.18. The lowest BCUT2D eigenvalue weighted by molar-refractivity contribution is 0.0837. The molecule has 0 bridgehead atoms. The summed E-state index contributed by atoms with van der Waals surface area (Å²) in [6.07, 6.45) is 0.824. The van der Waals surface area contributed by atoms with Gasteiger partial charge in [-0.2, -0.15) is 0 Å². The minimum Gasteiger partial charge on any atom is -0.487 e. The van der Waals surface area contributed by atoms with E-state index in [0.29, 0.717) is 25.6 Å². The largest absolute Gasteiger partial charge is 0.487 e. The van der Waals surface area contributed by atoms with E-state index in [0.717, 1.165) is 59.1 Å². The van der Waals surface area contributed by atoms with Crippen LogP contribution in [0.1, 0.15) is 31.0 Å². The number of benzene rings is 4. The lowest BCUT2D eigenvalue weighted by Crippen LogP contribution is -2.39. The Morgan fingerprint density at radius 2 is 1.51 bits per heavy atom. The molecule has 0 saturated carbocycles. The van der Waals surface area contributed by atoms with Crippen LogP contribution in [0.4, 0.5) is 5.69 Å². The van der Waals surface area contributed by atoms with E-state index in [4.69, 9.17) is 9.72 Å². The minimum absolute atomic E-state index is 0.375. The van der Waals surface area contributed by atoms with Crippen LogP contribution in [-0.2, 0) is 17.9 Å². The molecule has 230 valence electrons. The summed E-state index contributed by atoms with van der Waals surface area (Å²) in [6, 6.07) is 39.3. The molecule has 0 spiro atoms. The van der Waals surface area contributed by atoms with Crippen molar-refractivity contribution in [1.29, 1.82) is 0 Å². The molecule has 2 heterocycles. The molecule has 0 saturated heterocycles. The van der Waals surface area contributed by atoms with Crippen molar-refractivity contribution < 1.29 is 9.84 Å². The van der Waals surface area contributed by atoms with Gasteiger partial charge in [0.25, 0.3) is 0 Å². The van der Waals surface area contributed by atoms with E-state index >= 15 is 0 Å². The minimum atomic E-state index is -0.894. The number of anilines is 1. The topological polar surface area (TPSA) is 60.9 Å². The number of ether oxygens (including phenoxy) is 1. The monoisotopic (exact) mass is 616 g/mol. The molecule has 2 N–H and O–H groups in total. The van der Waals surface area contributed by atoms with E-state index < -0.39 is 6.23 Å². The molecule has 45 heavy (non-hydrogen) atoms. The fraction of sp³-hybridized carbons (Fsp3) is 0.237. The first-order valence-corrected chi connectivity index (χ1v) is 16.5. The number of para-hydroxylation sites is 1. The van der Waals surface area contributed by atoms with Crippen molar-refractivity contribution in [1.82, 2.24) is 15.2 Å². The summed E-state index contributed by atoms with van der Waals surface area (Å²) in [5.74, 6) is 0.618. The Bertz CT molecular complexity index is 1660. The molecule has 0 radical (unpaired) electrons. The zero-order valence-corrected chi connectivity index (χ0v) is 26.5. The number of aliphatic hydroxyl groups excluding tert-OH is 1. The summed E-state index contributed by atoms with van der Waals surface area (Å²) in [5, 5.41) is 18.6. The number of aliphatic hydroxyl groups is 1. The van der Waals surface area contributed by atoms with Gasteiger partial charge in [0.2, 0.25) is 0 Å². The molecule has 1 aliphatic rings. The van der Waals surface area contributed by atoms with Crippen LogP contribution < -0.4 is 10.2 Å². The zero-order valence-electron chi connectivity index (χ0n) is 25.7. The average Bonchev–Trinajstić information content (AvgIpc) is 3.52. The highest BCUT2D eigenvalue weighted by atomic mass is 32.1. The van der Waals surface area contributed by atoms with Crippen molar-refractivity contribution in [3.63, 3.8) is 0 Å². The highest BCUT2D eigenvalue weighted by Crippen LogP contribution is 2.31. The van der Waals surface area contributed by atoms with Gasteiger partial charge in [-0.15, -0.1) is 11.3 Å². The first-order chi connectivity index (χ1) is 22.2. The number of hydrogen-bond donors (Lipinski definition) is 2. The van der Waals surface area contributed by atoms with Crippen LogP contribution in [0.2, 0.25) is 0 Å².